The fourth-order valence-electron chi connectivity index (χ4n) is 3.59. The Bertz CT molecular complexity index is 1070. The van der Waals surface area contributed by atoms with Crippen molar-refractivity contribution in [3.63, 3.8) is 0 Å². The summed E-state index contributed by atoms with van der Waals surface area (Å²) in [7, 11) is 0. The number of amides is 2. The van der Waals surface area contributed by atoms with Crippen molar-refractivity contribution in [2.45, 2.75) is 19.8 Å². The molecular formula is C22H22BrN5O2. The van der Waals surface area contributed by atoms with Crippen molar-refractivity contribution < 1.29 is 9.59 Å². The number of carbonyl (C=O) groups excluding carboxylic acids is 2. The minimum atomic E-state index is -0.246. The second kappa shape index (κ2) is 8.79. The first-order chi connectivity index (χ1) is 14.5. The predicted molar refractivity (Wildman–Crippen MR) is 118 cm³/mol. The summed E-state index contributed by atoms with van der Waals surface area (Å²) in [5.41, 5.74) is 3.54. The standard InChI is InChI=1S/C22H22BrN5O2/c1-14-11-16(7-8-17(14)23)25-21(29)15-5-4-10-28(13-15)22(30)20-12-19(26-27-20)18-6-2-3-9-24-18/h2-3,6-9,11-12,15H,4-5,10,13H2,1H3,(H,25,29)(H,26,27)/t15-/m1/s1. The summed E-state index contributed by atoms with van der Waals surface area (Å²) in [6, 6.07) is 13.0. The van der Waals surface area contributed by atoms with Crippen LogP contribution >= 0.6 is 15.9 Å². The molecule has 1 saturated heterocycles. The summed E-state index contributed by atoms with van der Waals surface area (Å²) in [5, 5.41) is 10.00. The van der Waals surface area contributed by atoms with E-state index in [1.54, 1.807) is 17.2 Å². The number of rotatable bonds is 4. The minimum absolute atomic E-state index is 0.0620. The van der Waals surface area contributed by atoms with Gasteiger partial charge in [0, 0.05) is 29.4 Å². The number of H-pyrrole nitrogens is 1. The van der Waals surface area contributed by atoms with Crippen LogP contribution in [0.2, 0.25) is 0 Å². The lowest BCUT2D eigenvalue weighted by Gasteiger charge is -2.31. The van der Waals surface area contributed by atoms with E-state index in [0.29, 0.717) is 30.2 Å². The molecule has 8 heteroatoms. The van der Waals surface area contributed by atoms with Gasteiger partial charge in [-0.1, -0.05) is 22.0 Å². The quantitative estimate of drug-likeness (QED) is 0.605. The number of nitrogens with one attached hydrogen (secondary N) is 2. The highest BCUT2D eigenvalue weighted by atomic mass is 79.9. The van der Waals surface area contributed by atoms with Crippen LogP contribution < -0.4 is 5.32 Å². The molecule has 0 saturated carbocycles. The number of carbonyl (C=O) groups is 2. The van der Waals surface area contributed by atoms with E-state index in [4.69, 9.17) is 0 Å². The first-order valence-corrected chi connectivity index (χ1v) is 10.6. The normalized spacial score (nSPS) is 16.3. The van der Waals surface area contributed by atoms with Gasteiger partial charge in [0.05, 0.1) is 11.6 Å². The maximum Gasteiger partial charge on any atom is 0.271 e. The second-order valence-electron chi connectivity index (χ2n) is 7.43. The Morgan fingerprint density at radius 2 is 2.07 bits per heavy atom. The van der Waals surface area contributed by atoms with Gasteiger partial charge in [0.2, 0.25) is 5.91 Å². The van der Waals surface area contributed by atoms with Crippen molar-refractivity contribution in [3.05, 3.63) is 64.4 Å². The van der Waals surface area contributed by atoms with Gasteiger partial charge in [-0.25, -0.2) is 0 Å². The number of aromatic amines is 1. The highest BCUT2D eigenvalue weighted by Crippen LogP contribution is 2.24. The Hall–Kier alpha value is -3.00. The molecule has 1 atom stereocenters. The summed E-state index contributed by atoms with van der Waals surface area (Å²) in [4.78, 5) is 31.7. The smallest absolute Gasteiger partial charge is 0.271 e. The molecule has 3 heterocycles. The van der Waals surface area contributed by atoms with E-state index >= 15 is 0 Å². The molecule has 0 radical (unpaired) electrons. The van der Waals surface area contributed by atoms with Crippen LogP contribution in [0.1, 0.15) is 28.9 Å². The lowest BCUT2D eigenvalue weighted by atomic mass is 9.96. The van der Waals surface area contributed by atoms with Crippen molar-refractivity contribution in [1.29, 1.82) is 0 Å². The van der Waals surface area contributed by atoms with Gasteiger partial charge in [0.25, 0.3) is 5.91 Å². The molecule has 0 unspecified atom stereocenters. The largest absolute Gasteiger partial charge is 0.337 e. The summed E-state index contributed by atoms with van der Waals surface area (Å²) < 4.78 is 1.000. The van der Waals surface area contributed by atoms with Crippen LogP contribution in [-0.2, 0) is 4.79 Å². The van der Waals surface area contributed by atoms with Crippen LogP contribution in [0.3, 0.4) is 0 Å². The van der Waals surface area contributed by atoms with Gasteiger partial charge in [-0.15, -0.1) is 0 Å². The van der Waals surface area contributed by atoms with Crippen molar-refractivity contribution in [1.82, 2.24) is 20.1 Å². The summed E-state index contributed by atoms with van der Waals surface area (Å²) in [6.45, 7) is 2.99. The third-order valence-electron chi connectivity index (χ3n) is 5.24. The Balaban J connectivity index is 1.42. The maximum atomic E-state index is 13.0. The molecule has 1 aliphatic heterocycles. The van der Waals surface area contributed by atoms with E-state index < -0.39 is 0 Å². The molecule has 0 aliphatic carbocycles. The third kappa shape index (κ3) is 4.43. The number of aryl methyl sites for hydroxylation is 1. The van der Waals surface area contributed by atoms with E-state index in [2.05, 4.69) is 36.4 Å². The van der Waals surface area contributed by atoms with Crippen molar-refractivity contribution in [3.8, 4) is 11.4 Å². The molecule has 2 N–H and O–H groups in total. The summed E-state index contributed by atoms with van der Waals surface area (Å²) in [5.74, 6) is -0.459. The molecule has 1 fully saturated rings. The van der Waals surface area contributed by atoms with Crippen LogP contribution in [0.4, 0.5) is 5.69 Å². The molecule has 154 valence electrons. The predicted octanol–water partition coefficient (Wildman–Crippen LogP) is 4.03. The second-order valence-corrected chi connectivity index (χ2v) is 8.28. The maximum absolute atomic E-state index is 13.0. The third-order valence-corrected chi connectivity index (χ3v) is 6.13. The zero-order valence-electron chi connectivity index (χ0n) is 16.6. The van der Waals surface area contributed by atoms with Gasteiger partial charge in [-0.3, -0.25) is 19.7 Å². The molecule has 4 rings (SSSR count). The number of anilines is 1. The van der Waals surface area contributed by atoms with E-state index in [0.717, 1.165) is 28.6 Å². The number of benzene rings is 1. The van der Waals surface area contributed by atoms with Crippen molar-refractivity contribution >= 4 is 33.4 Å². The molecule has 2 amide bonds. The summed E-state index contributed by atoms with van der Waals surface area (Å²) >= 11 is 3.47. The van der Waals surface area contributed by atoms with Crippen LogP contribution in [0.25, 0.3) is 11.4 Å². The average molecular weight is 468 g/mol. The highest BCUT2D eigenvalue weighted by Gasteiger charge is 2.30. The first kappa shape index (κ1) is 20.3. The van der Waals surface area contributed by atoms with Gasteiger partial charge in [-0.05, 0) is 61.7 Å². The summed E-state index contributed by atoms with van der Waals surface area (Å²) in [6.07, 6.45) is 3.23. The topological polar surface area (TPSA) is 91.0 Å². The highest BCUT2D eigenvalue weighted by molar-refractivity contribution is 9.10. The zero-order valence-corrected chi connectivity index (χ0v) is 18.1. The SMILES string of the molecule is Cc1cc(NC(=O)[C@@H]2CCCN(C(=O)c3cc(-c4ccccn4)n[nH]3)C2)ccc1Br. The zero-order chi connectivity index (χ0) is 21.1. The minimum Gasteiger partial charge on any atom is -0.337 e. The van der Waals surface area contributed by atoms with Crippen LogP contribution in [0.5, 0.6) is 0 Å². The number of piperidine rings is 1. The molecule has 1 aromatic carbocycles. The molecule has 0 spiro atoms. The van der Waals surface area contributed by atoms with E-state index in [-0.39, 0.29) is 17.7 Å². The molecule has 0 bridgehead atoms. The number of hydrogen-bond donors (Lipinski definition) is 2. The molecule has 7 nitrogen and oxygen atoms in total. The first-order valence-electron chi connectivity index (χ1n) is 9.84. The van der Waals surface area contributed by atoms with Gasteiger partial charge >= 0.3 is 0 Å². The molecule has 30 heavy (non-hydrogen) atoms. The lowest BCUT2D eigenvalue weighted by Crippen LogP contribution is -2.43. The molecule has 1 aliphatic rings. The molecular weight excluding hydrogens is 446 g/mol. The van der Waals surface area contributed by atoms with E-state index in [1.165, 1.54) is 0 Å². The fourth-order valence-corrected chi connectivity index (χ4v) is 3.84. The van der Waals surface area contributed by atoms with Gasteiger partial charge < -0.3 is 10.2 Å². The van der Waals surface area contributed by atoms with Crippen molar-refractivity contribution in [2.24, 2.45) is 5.92 Å². The van der Waals surface area contributed by atoms with Crippen molar-refractivity contribution in [2.75, 3.05) is 18.4 Å². The Labute approximate surface area is 183 Å². The Morgan fingerprint density at radius 1 is 1.20 bits per heavy atom. The number of pyridine rings is 1. The van der Waals surface area contributed by atoms with E-state index in [1.807, 2.05) is 43.3 Å². The van der Waals surface area contributed by atoms with Gasteiger partial charge in [0.1, 0.15) is 11.4 Å². The van der Waals surface area contributed by atoms with Gasteiger partial charge in [-0.2, -0.15) is 5.10 Å². The number of halogens is 1. The fraction of sp³-hybridized carbons (Fsp3) is 0.273. The molecule has 3 aromatic rings. The van der Waals surface area contributed by atoms with E-state index in [9.17, 15) is 9.59 Å². The van der Waals surface area contributed by atoms with Crippen LogP contribution in [0, 0.1) is 12.8 Å². The number of aromatic nitrogens is 3. The molecule has 2 aromatic heterocycles. The van der Waals surface area contributed by atoms with Gasteiger partial charge in [0.15, 0.2) is 0 Å². The Kier molecular flexibility index (Phi) is 5.94. The Morgan fingerprint density at radius 3 is 2.83 bits per heavy atom. The number of nitrogens with zero attached hydrogens (tertiary/aromatic N) is 3. The monoisotopic (exact) mass is 467 g/mol. The van der Waals surface area contributed by atoms with Crippen LogP contribution in [0.15, 0.2) is 53.1 Å². The lowest BCUT2D eigenvalue weighted by molar-refractivity contribution is -0.121. The number of likely N-dealkylation sites (tertiary alicyclic amines) is 1. The number of hydrogen-bond acceptors (Lipinski definition) is 4. The average Bonchev–Trinajstić information content (AvgIpc) is 3.27. The van der Waals surface area contributed by atoms with Crippen LogP contribution in [-0.4, -0.2) is 45.0 Å².